The van der Waals surface area contributed by atoms with Gasteiger partial charge in [0, 0.05) is 12.8 Å². The van der Waals surface area contributed by atoms with E-state index in [-0.39, 0.29) is 19.3 Å². The van der Waals surface area contributed by atoms with Gasteiger partial charge in [-0.25, -0.2) is 0 Å². The van der Waals surface area contributed by atoms with Crippen LogP contribution in [0.15, 0.2) is 30.3 Å². The number of nitrogens with one attached hydrogen (secondary N) is 3. The monoisotopic (exact) mass is 435 g/mol. The topological polar surface area (TPSA) is 194 Å². The van der Waals surface area contributed by atoms with Crippen molar-refractivity contribution < 1.29 is 29.1 Å². The number of carbonyl (C=O) groups excluding carboxylic acids is 4. The Bertz CT molecular complexity index is 799. The van der Waals surface area contributed by atoms with Gasteiger partial charge in [-0.3, -0.25) is 24.0 Å². The van der Waals surface area contributed by atoms with Crippen LogP contribution in [-0.2, 0) is 30.4 Å². The maximum atomic E-state index is 12.8. The van der Waals surface area contributed by atoms with Gasteiger partial charge in [-0.15, -0.1) is 0 Å². The smallest absolute Gasteiger partial charge is 0.325 e. The minimum absolute atomic E-state index is 0.0779. The van der Waals surface area contributed by atoms with Crippen molar-refractivity contribution >= 4 is 29.6 Å². The summed E-state index contributed by atoms with van der Waals surface area (Å²) in [5, 5.41) is 16.3. The second-order valence-corrected chi connectivity index (χ2v) is 7.17. The zero-order chi connectivity index (χ0) is 23.6. The highest BCUT2D eigenvalue weighted by molar-refractivity contribution is 5.94. The first-order valence-corrected chi connectivity index (χ1v) is 9.73. The van der Waals surface area contributed by atoms with E-state index < -0.39 is 53.8 Å². The average Bonchev–Trinajstić information content (AvgIpc) is 2.70. The Morgan fingerprint density at radius 3 is 1.97 bits per heavy atom. The number of carboxylic acid groups (broad SMARTS) is 1. The molecule has 1 aromatic carbocycles. The summed E-state index contributed by atoms with van der Waals surface area (Å²) in [6.07, 6.45) is -0.192. The van der Waals surface area contributed by atoms with Crippen LogP contribution in [0, 0.1) is 0 Å². The second-order valence-electron chi connectivity index (χ2n) is 7.17. The molecule has 0 aliphatic heterocycles. The van der Waals surface area contributed by atoms with Crippen molar-refractivity contribution in [2.45, 2.75) is 57.3 Å². The summed E-state index contributed by atoms with van der Waals surface area (Å²) in [6.45, 7) is 2.72. The van der Waals surface area contributed by atoms with Crippen molar-refractivity contribution in [2.75, 3.05) is 0 Å². The summed E-state index contributed by atoms with van der Waals surface area (Å²) < 4.78 is 0. The summed E-state index contributed by atoms with van der Waals surface area (Å²) >= 11 is 0. The van der Waals surface area contributed by atoms with E-state index in [1.165, 1.54) is 13.8 Å². The molecule has 0 aliphatic carbocycles. The van der Waals surface area contributed by atoms with Crippen LogP contribution in [0.1, 0.15) is 32.3 Å². The zero-order valence-corrected chi connectivity index (χ0v) is 17.5. The molecule has 170 valence electrons. The third-order valence-electron chi connectivity index (χ3n) is 4.37. The molecule has 31 heavy (non-hydrogen) atoms. The lowest BCUT2D eigenvalue weighted by atomic mass is 10.0. The Kier molecular flexibility index (Phi) is 10.1. The van der Waals surface area contributed by atoms with Gasteiger partial charge >= 0.3 is 5.97 Å². The molecule has 11 heteroatoms. The van der Waals surface area contributed by atoms with Gasteiger partial charge in [0.2, 0.25) is 23.6 Å². The number of aliphatic carboxylic acids is 1. The number of hydrogen-bond acceptors (Lipinski definition) is 6. The van der Waals surface area contributed by atoms with Gasteiger partial charge in [0.1, 0.15) is 18.1 Å². The molecule has 0 aromatic heterocycles. The zero-order valence-electron chi connectivity index (χ0n) is 17.5. The van der Waals surface area contributed by atoms with E-state index in [4.69, 9.17) is 16.6 Å². The number of benzene rings is 1. The third-order valence-corrected chi connectivity index (χ3v) is 4.37. The van der Waals surface area contributed by atoms with Crippen LogP contribution in [0.4, 0.5) is 0 Å². The van der Waals surface area contributed by atoms with Crippen LogP contribution in [0.25, 0.3) is 0 Å². The van der Waals surface area contributed by atoms with E-state index in [1.54, 1.807) is 30.3 Å². The van der Waals surface area contributed by atoms with Gasteiger partial charge in [0.05, 0.1) is 6.04 Å². The SMILES string of the molecule is CC(N)C(=O)NC(CCC(N)=O)C(=O)NC(Cc1ccccc1)C(=O)NC(C)C(=O)O. The van der Waals surface area contributed by atoms with E-state index in [9.17, 15) is 24.0 Å². The lowest BCUT2D eigenvalue weighted by Gasteiger charge is -2.24. The van der Waals surface area contributed by atoms with Crippen molar-refractivity contribution in [1.29, 1.82) is 0 Å². The summed E-state index contributed by atoms with van der Waals surface area (Å²) in [5.74, 6) is -3.95. The summed E-state index contributed by atoms with van der Waals surface area (Å²) in [7, 11) is 0. The molecule has 0 saturated heterocycles. The van der Waals surface area contributed by atoms with E-state index >= 15 is 0 Å². The Morgan fingerprint density at radius 1 is 0.903 bits per heavy atom. The predicted octanol–water partition coefficient (Wildman–Crippen LogP) is -1.60. The highest BCUT2D eigenvalue weighted by Crippen LogP contribution is 2.06. The minimum Gasteiger partial charge on any atom is -0.480 e. The molecule has 0 fully saturated rings. The normalized spacial score (nSPS) is 14.4. The number of nitrogens with two attached hydrogens (primary N) is 2. The molecule has 0 spiro atoms. The van der Waals surface area contributed by atoms with Crippen LogP contribution in [0.2, 0.25) is 0 Å². The van der Waals surface area contributed by atoms with Crippen LogP contribution in [0.5, 0.6) is 0 Å². The fraction of sp³-hybridized carbons (Fsp3) is 0.450. The molecule has 0 aliphatic rings. The lowest BCUT2D eigenvalue weighted by molar-refractivity contribution is -0.141. The van der Waals surface area contributed by atoms with Crippen LogP contribution < -0.4 is 27.4 Å². The van der Waals surface area contributed by atoms with Crippen molar-refractivity contribution in [1.82, 2.24) is 16.0 Å². The molecule has 1 rings (SSSR count). The van der Waals surface area contributed by atoms with E-state index in [0.29, 0.717) is 0 Å². The molecular formula is C20H29N5O6. The molecule has 0 radical (unpaired) electrons. The molecule has 4 amide bonds. The van der Waals surface area contributed by atoms with Crippen molar-refractivity contribution in [3.05, 3.63) is 35.9 Å². The molecule has 4 atom stereocenters. The van der Waals surface area contributed by atoms with Crippen LogP contribution >= 0.6 is 0 Å². The van der Waals surface area contributed by atoms with Gasteiger partial charge in [-0.1, -0.05) is 30.3 Å². The van der Waals surface area contributed by atoms with Gasteiger partial charge < -0.3 is 32.5 Å². The third kappa shape index (κ3) is 9.26. The molecule has 4 unspecified atom stereocenters. The Morgan fingerprint density at radius 2 is 1.45 bits per heavy atom. The van der Waals surface area contributed by atoms with E-state index in [1.807, 2.05) is 0 Å². The van der Waals surface area contributed by atoms with Crippen molar-refractivity contribution in [3.63, 3.8) is 0 Å². The quantitative estimate of drug-likeness (QED) is 0.227. The van der Waals surface area contributed by atoms with Gasteiger partial charge in [-0.2, -0.15) is 0 Å². The number of carboxylic acids is 1. The van der Waals surface area contributed by atoms with Crippen molar-refractivity contribution in [3.8, 4) is 0 Å². The second kappa shape index (κ2) is 12.3. The lowest BCUT2D eigenvalue weighted by Crippen LogP contribution is -2.57. The van der Waals surface area contributed by atoms with Crippen molar-refractivity contribution in [2.24, 2.45) is 11.5 Å². The summed E-state index contributed by atoms with van der Waals surface area (Å²) in [4.78, 5) is 59.6. The predicted molar refractivity (Wildman–Crippen MR) is 111 cm³/mol. The summed E-state index contributed by atoms with van der Waals surface area (Å²) in [5.41, 5.74) is 11.4. The molecule has 0 saturated carbocycles. The first-order valence-electron chi connectivity index (χ1n) is 9.73. The largest absolute Gasteiger partial charge is 0.480 e. The average molecular weight is 435 g/mol. The maximum absolute atomic E-state index is 12.8. The molecular weight excluding hydrogens is 406 g/mol. The number of hydrogen-bond donors (Lipinski definition) is 6. The number of carbonyl (C=O) groups is 5. The Hall–Kier alpha value is -3.47. The highest BCUT2D eigenvalue weighted by atomic mass is 16.4. The number of amides is 4. The molecule has 1 aromatic rings. The molecule has 11 nitrogen and oxygen atoms in total. The standard InChI is InChI=1S/C20H29N5O6/c1-11(21)17(27)24-14(8-9-16(22)26)18(28)25-15(10-13-6-4-3-5-7-13)19(29)23-12(2)20(30)31/h3-7,11-12,14-15H,8-10,21H2,1-2H3,(H2,22,26)(H,23,29)(H,24,27)(H,25,28)(H,30,31). The summed E-state index contributed by atoms with van der Waals surface area (Å²) in [6, 6.07) is 4.43. The van der Waals surface area contributed by atoms with Crippen LogP contribution in [0.3, 0.4) is 0 Å². The van der Waals surface area contributed by atoms with Crippen LogP contribution in [-0.4, -0.2) is 58.9 Å². The van der Waals surface area contributed by atoms with Gasteiger partial charge in [0.15, 0.2) is 0 Å². The maximum Gasteiger partial charge on any atom is 0.325 e. The van der Waals surface area contributed by atoms with E-state index in [0.717, 1.165) is 5.56 Å². The van der Waals surface area contributed by atoms with Gasteiger partial charge in [-0.05, 0) is 25.8 Å². The Labute approximate surface area is 179 Å². The Balaban J connectivity index is 3.03. The highest BCUT2D eigenvalue weighted by Gasteiger charge is 2.29. The fourth-order valence-electron chi connectivity index (χ4n) is 2.57. The van der Waals surface area contributed by atoms with E-state index in [2.05, 4.69) is 16.0 Å². The fourth-order valence-corrected chi connectivity index (χ4v) is 2.57. The molecule has 0 bridgehead atoms. The first kappa shape index (κ1) is 25.6. The van der Waals surface area contributed by atoms with Gasteiger partial charge in [0.25, 0.3) is 0 Å². The number of rotatable bonds is 12. The first-order chi connectivity index (χ1) is 14.5. The molecule has 8 N–H and O–H groups in total. The minimum atomic E-state index is -1.23. The molecule has 0 heterocycles. The number of primary amides is 1.